The summed E-state index contributed by atoms with van der Waals surface area (Å²) in [6, 6.07) is 4.68. The van der Waals surface area contributed by atoms with E-state index >= 15 is 0 Å². The summed E-state index contributed by atoms with van der Waals surface area (Å²) in [5, 5.41) is 4.35. The van der Waals surface area contributed by atoms with Gasteiger partial charge in [-0.2, -0.15) is 0 Å². The summed E-state index contributed by atoms with van der Waals surface area (Å²) in [5.41, 5.74) is 3.92. The van der Waals surface area contributed by atoms with Gasteiger partial charge in [0, 0.05) is 16.8 Å². The molecule has 0 fully saturated rings. The van der Waals surface area contributed by atoms with Gasteiger partial charge in [-0.15, -0.1) is 0 Å². The minimum atomic E-state index is 0.590. The van der Waals surface area contributed by atoms with E-state index in [0.717, 1.165) is 11.4 Å². The van der Waals surface area contributed by atoms with Crippen LogP contribution in [0.3, 0.4) is 0 Å². The van der Waals surface area contributed by atoms with Crippen molar-refractivity contribution in [1.29, 1.82) is 0 Å². The fourth-order valence-electron chi connectivity index (χ4n) is 1.91. The molecule has 1 aromatic rings. The van der Waals surface area contributed by atoms with Gasteiger partial charge in [0.1, 0.15) is 0 Å². The second-order valence-electron chi connectivity index (χ2n) is 3.84. The number of fused-ring (bicyclic) bond motifs is 1. The van der Waals surface area contributed by atoms with E-state index in [9.17, 15) is 0 Å². The molecule has 1 unspecified atom stereocenters. The summed E-state index contributed by atoms with van der Waals surface area (Å²) >= 11 is 5.99. The van der Waals surface area contributed by atoms with Gasteiger partial charge < -0.3 is 5.32 Å². The van der Waals surface area contributed by atoms with Gasteiger partial charge in [0.25, 0.3) is 0 Å². The van der Waals surface area contributed by atoms with E-state index in [-0.39, 0.29) is 0 Å². The molecule has 0 spiro atoms. The van der Waals surface area contributed by atoms with Crippen molar-refractivity contribution in [3.8, 4) is 0 Å². The van der Waals surface area contributed by atoms with Gasteiger partial charge in [0.2, 0.25) is 0 Å². The molecule has 0 saturated heterocycles. The van der Waals surface area contributed by atoms with Crippen molar-refractivity contribution in [3.05, 3.63) is 28.3 Å². The Morgan fingerprint density at radius 1 is 1.46 bits per heavy atom. The Hall–Kier alpha value is -0.690. The molecule has 0 saturated carbocycles. The number of aryl methyl sites for hydroxylation is 2. The van der Waals surface area contributed by atoms with E-state index in [2.05, 4.69) is 25.2 Å². The molecule has 70 valence electrons. The zero-order valence-electron chi connectivity index (χ0n) is 8.02. The van der Waals surface area contributed by atoms with Gasteiger partial charge >= 0.3 is 0 Å². The highest BCUT2D eigenvalue weighted by Gasteiger charge is 2.15. The number of hydrogen-bond donors (Lipinski definition) is 1. The molecule has 1 N–H and O–H groups in total. The number of hydrogen-bond acceptors (Lipinski definition) is 1. The third-order valence-corrected chi connectivity index (χ3v) is 2.84. The molecule has 0 radical (unpaired) electrons. The molecule has 0 aromatic heterocycles. The van der Waals surface area contributed by atoms with Crippen LogP contribution in [-0.4, -0.2) is 6.04 Å². The van der Waals surface area contributed by atoms with E-state index in [1.807, 2.05) is 6.07 Å². The minimum absolute atomic E-state index is 0.590. The summed E-state index contributed by atoms with van der Waals surface area (Å²) in [6.45, 7) is 4.33. The van der Waals surface area contributed by atoms with E-state index in [1.165, 1.54) is 23.2 Å². The Morgan fingerprint density at radius 3 is 3.00 bits per heavy atom. The quantitative estimate of drug-likeness (QED) is 0.669. The maximum Gasteiger partial charge on any atom is 0.0412 e. The van der Waals surface area contributed by atoms with Crippen LogP contribution in [0.25, 0.3) is 0 Å². The normalized spacial score (nSPS) is 20.7. The van der Waals surface area contributed by atoms with Gasteiger partial charge in [0.05, 0.1) is 0 Å². The zero-order chi connectivity index (χ0) is 9.42. The van der Waals surface area contributed by atoms with Crippen LogP contribution in [-0.2, 0) is 6.42 Å². The standard InChI is InChI=1S/C11H14ClN/c1-7-5-10(12)6-9-4-3-8(2)13-11(7)9/h5-6,8,13H,3-4H2,1-2H3. The number of anilines is 1. The van der Waals surface area contributed by atoms with Crippen molar-refractivity contribution in [2.45, 2.75) is 32.7 Å². The molecule has 1 aliphatic rings. The lowest BCUT2D eigenvalue weighted by Gasteiger charge is -2.25. The molecule has 1 nitrogen and oxygen atoms in total. The fraction of sp³-hybridized carbons (Fsp3) is 0.455. The fourth-order valence-corrected chi connectivity index (χ4v) is 2.20. The molecule has 2 heteroatoms. The molecule has 2 rings (SSSR count). The van der Waals surface area contributed by atoms with Crippen molar-refractivity contribution < 1.29 is 0 Å². The molecule has 1 aliphatic heterocycles. The lowest BCUT2D eigenvalue weighted by Crippen LogP contribution is -2.22. The molecule has 1 aromatic carbocycles. The number of benzene rings is 1. The predicted octanol–water partition coefficient (Wildman–Crippen LogP) is 3.40. The minimum Gasteiger partial charge on any atom is -0.382 e. The first-order valence-corrected chi connectivity index (χ1v) is 5.10. The highest BCUT2D eigenvalue weighted by molar-refractivity contribution is 6.30. The van der Waals surface area contributed by atoms with Crippen LogP contribution in [0.5, 0.6) is 0 Å². The highest BCUT2D eigenvalue weighted by atomic mass is 35.5. The van der Waals surface area contributed by atoms with Gasteiger partial charge in [0.15, 0.2) is 0 Å². The largest absolute Gasteiger partial charge is 0.382 e. The van der Waals surface area contributed by atoms with Gasteiger partial charge in [-0.05, 0) is 49.9 Å². The van der Waals surface area contributed by atoms with Crippen molar-refractivity contribution in [2.24, 2.45) is 0 Å². The van der Waals surface area contributed by atoms with Gasteiger partial charge in [-0.25, -0.2) is 0 Å². The molecule has 13 heavy (non-hydrogen) atoms. The summed E-state index contributed by atoms with van der Waals surface area (Å²) in [4.78, 5) is 0. The first-order chi connectivity index (χ1) is 6.16. The predicted molar refractivity (Wildman–Crippen MR) is 57.6 cm³/mol. The Kier molecular flexibility index (Phi) is 2.20. The first kappa shape index (κ1) is 8.89. The Labute approximate surface area is 84.1 Å². The third-order valence-electron chi connectivity index (χ3n) is 2.62. The topological polar surface area (TPSA) is 12.0 Å². The molecule has 0 aliphatic carbocycles. The van der Waals surface area contributed by atoms with Crippen LogP contribution in [0, 0.1) is 6.92 Å². The van der Waals surface area contributed by atoms with E-state index in [0.29, 0.717) is 6.04 Å². The molecular formula is C11H14ClN. The molecule has 0 bridgehead atoms. The third kappa shape index (κ3) is 1.66. The average molecular weight is 196 g/mol. The summed E-state index contributed by atoms with van der Waals surface area (Å²) in [7, 11) is 0. The monoisotopic (exact) mass is 195 g/mol. The Morgan fingerprint density at radius 2 is 2.23 bits per heavy atom. The molecule has 0 amide bonds. The molecular weight excluding hydrogens is 182 g/mol. The average Bonchev–Trinajstić information content (AvgIpc) is 2.06. The summed E-state index contributed by atoms with van der Waals surface area (Å²) < 4.78 is 0. The summed E-state index contributed by atoms with van der Waals surface area (Å²) in [6.07, 6.45) is 2.34. The molecule has 1 atom stereocenters. The van der Waals surface area contributed by atoms with Crippen LogP contribution in [0.4, 0.5) is 5.69 Å². The number of halogens is 1. The van der Waals surface area contributed by atoms with Crippen LogP contribution in [0.1, 0.15) is 24.5 Å². The first-order valence-electron chi connectivity index (χ1n) is 4.72. The smallest absolute Gasteiger partial charge is 0.0412 e. The van der Waals surface area contributed by atoms with Gasteiger partial charge in [-0.1, -0.05) is 11.6 Å². The maximum atomic E-state index is 5.99. The number of rotatable bonds is 0. The second kappa shape index (κ2) is 3.22. The van der Waals surface area contributed by atoms with E-state index in [4.69, 9.17) is 11.6 Å². The van der Waals surface area contributed by atoms with Crippen molar-refractivity contribution >= 4 is 17.3 Å². The lowest BCUT2D eigenvalue weighted by molar-refractivity contribution is 0.679. The molecule has 1 heterocycles. The zero-order valence-corrected chi connectivity index (χ0v) is 8.78. The van der Waals surface area contributed by atoms with Crippen molar-refractivity contribution in [2.75, 3.05) is 5.32 Å². The van der Waals surface area contributed by atoms with Crippen molar-refractivity contribution in [3.63, 3.8) is 0 Å². The SMILES string of the molecule is Cc1cc(Cl)cc2c1NC(C)CC2. The Balaban J connectivity index is 2.47. The van der Waals surface area contributed by atoms with Crippen LogP contribution >= 0.6 is 11.6 Å². The summed E-state index contributed by atoms with van der Waals surface area (Å²) in [5.74, 6) is 0. The van der Waals surface area contributed by atoms with E-state index in [1.54, 1.807) is 0 Å². The highest BCUT2D eigenvalue weighted by Crippen LogP contribution is 2.30. The Bertz CT molecular complexity index is 333. The van der Waals surface area contributed by atoms with Crippen LogP contribution < -0.4 is 5.32 Å². The second-order valence-corrected chi connectivity index (χ2v) is 4.28. The van der Waals surface area contributed by atoms with Crippen LogP contribution in [0.2, 0.25) is 5.02 Å². The van der Waals surface area contributed by atoms with Crippen LogP contribution in [0.15, 0.2) is 12.1 Å². The van der Waals surface area contributed by atoms with E-state index < -0.39 is 0 Å². The van der Waals surface area contributed by atoms with Gasteiger partial charge in [-0.3, -0.25) is 0 Å². The maximum absolute atomic E-state index is 5.99. The number of nitrogens with one attached hydrogen (secondary N) is 1. The van der Waals surface area contributed by atoms with Crippen molar-refractivity contribution in [1.82, 2.24) is 0 Å². The lowest BCUT2D eigenvalue weighted by atomic mass is 9.96.